The molecule has 0 N–H and O–H groups in total. The fourth-order valence-corrected chi connectivity index (χ4v) is 1.82. The quantitative estimate of drug-likeness (QED) is 0.652. The molecule has 0 atom stereocenters. The van der Waals surface area contributed by atoms with Crippen LogP contribution >= 0.6 is 11.6 Å². The van der Waals surface area contributed by atoms with Gasteiger partial charge in [0.05, 0.1) is 0 Å². The van der Waals surface area contributed by atoms with E-state index in [1.54, 1.807) is 0 Å². The number of rotatable bonds is 2. The van der Waals surface area contributed by atoms with Crippen molar-refractivity contribution in [2.75, 3.05) is 0 Å². The zero-order valence-corrected chi connectivity index (χ0v) is 10.8. The zero-order chi connectivity index (χ0) is 9.14. The summed E-state index contributed by atoms with van der Waals surface area (Å²) in [5.74, 6) is 0. The van der Waals surface area contributed by atoms with E-state index in [1.807, 2.05) is 0 Å². The molecular formula is C11H17ClMg. The molecule has 1 aromatic rings. The first-order valence-corrected chi connectivity index (χ1v) is 4.84. The number of benzene rings is 1. The van der Waals surface area contributed by atoms with Gasteiger partial charge in [0, 0.05) is 5.02 Å². The van der Waals surface area contributed by atoms with E-state index in [1.165, 1.54) is 16.7 Å². The van der Waals surface area contributed by atoms with Crippen LogP contribution in [0.4, 0.5) is 0 Å². The number of hydrogen-bond donors (Lipinski definition) is 0. The molecule has 0 spiro atoms. The average Bonchev–Trinajstić information content (AvgIpc) is 2.08. The Morgan fingerprint density at radius 2 is 1.54 bits per heavy atom. The summed E-state index contributed by atoms with van der Waals surface area (Å²) in [6.07, 6.45) is 2.04. The van der Waals surface area contributed by atoms with E-state index in [4.69, 9.17) is 11.6 Å². The SMILES string of the molecule is CCc1cc(C)cc(CC)c1Cl.[H-].[H-].[Mg+2]. The third-order valence-electron chi connectivity index (χ3n) is 2.13. The molecule has 2 heteroatoms. The molecule has 0 heterocycles. The van der Waals surface area contributed by atoms with Crippen molar-refractivity contribution in [2.45, 2.75) is 33.6 Å². The molecule has 0 unspecified atom stereocenters. The van der Waals surface area contributed by atoms with Crippen LogP contribution in [-0.4, -0.2) is 23.1 Å². The first kappa shape index (κ1) is 13.3. The Morgan fingerprint density at radius 1 is 1.15 bits per heavy atom. The van der Waals surface area contributed by atoms with E-state index in [0.717, 1.165) is 17.9 Å². The molecule has 0 aliphatic rings. The van der Waals surface area contributed by atoms with Crippen LogP contribution in [-0.2, 0) is 12.8 Å². The van der Waals surface area contributed by atoms with Gasteiger partial charge in [0.2, 0.25) is 0 Å². The minimum absolute atomic E-state index is 0. The summed E-state index contributed by atoms with van der Waals surface area (Å²) in [5, 5.41) is 0.964. The van der Waals surface area contributed by atoms with Gasteiger partial charge in [-0.3, -0.25) is 0 Å². The van der Waals surface area contributed by atoms with Gasteiger partial charge in [-0.15, -0.1) is 0 Å². The van der Waals surface area contributed by atoms with Crippen LogP contribution in [0.3, 0.4) is 0 Å². The van der Waals surface area contributed by atoms with Crippen LogP contribution in [0.5, 0.6) is 0 Å². The summed E-state index contributed by atoms with van der Waals surface area (Å²) in [6, 6.07) is 4.34. The van der Waals surface area contributed by atoms with Crippen molar-refractivity contribution >= 4 is 34.7 Å². The van der Waals surface area contributed by atoms with Gasteiger partial charge in [-0.1, -0.05) is 43.1 Å². The molecule has 13 heavy (non-hydrogen) atoms. The van der Waals surface area contributed by atoms with Crippen molar-refractivity contribution in [3.05, 3.63) is 33.8 Å². The second-order valence-electron chi connectivity index (χ2n) is 3.10. The first-order valence-electron chi connectivity index (χ1n) is 4.47. The first-order chi connectivity index (χ1) is 5.69. The maximum absolute atomic E-state index is 6.18. The Labute approximate surface area is 105 Å². The second-order valence-corrected chi connectivity index (χ2v) is 3.48. The zero-order valence-electron chi connectivity index (χ0n) is 10.7. The molecule has 0 saturated carbocycles. The summed E-state index contributed by atoms with van der Waals surface area (Å²) in [4.78, 5) is 0. The minimum atomic E-state index is 0. The molecule has 1 rings (SSSR count). The van der Waals surface area contributed by atoms with Crippen LogP contribution in [0.25, 0.3) is 0 Å². The van der Waals surface area contributed by atoms with E-state index in [-0.39, 0.29) is 25.9 Å². The second kappa shape index (κ2) is 5.89. The van der Waals surface area contributed by atoms with E-state index in [2.05, 4.69) is 32.9 Å². The van der Waals surface area contributed by atoms with Gasteiger partial charge in [-0.25, -0.2) is 0 Å². The molecule has 0 radical (unpaired) electrons. The topological polar surface area (TPSA) is 0 Å². The van der Waals surface area contributed by atoms with Gasteiger partial charge in [0.1, 0.15) is 0 Å². The van der Waals surface area contributed by atoms with E-state index in [9.17, 15) is 0 Å². The largest absolute Gasteiger partial charge is 2.00 e. The molecule has 0 saturated heterocycles. The van der Waals surface area contributed by atoms with Crippen LogP contribution in [0.15, 0.2) is 12.1 Å². The number of hydrogen-bond acceptors (Lipinski definition) is 0. The molecule has 0 bridgehead atoms. The van der Waals surface area contributed by atoms with Crippen LogP contribution in [0.2, 0.25) is 5.02 Å². The summed E-state index contributed by atoms with van der Waals surface area (Å²) < 4.78 is 0. The number of aryl methyl sites for hydroxylation is 3. The van der Waals surface area contributed by atoms with Crippen molar-refractivity contribution in [1.29, 1.82) is 0 Å². The Balaban J connectivity index is -0.000000480. The van der Waals surface area contributed by atoms with Crippen LogP contribution in [0, 0.1) is 6.92 Å². The Kier molecular flexibility index (Phi) is 6.02. The van der Waals surface area contributed by atoms with Crippen LogP contribution in [0.1, 0.15) is 33.4 Å². The predicted octanol–water partition coefficient (Wildman–Crippen LogP) is 3.62. The van der Waals surface area contributed by atoms with Crippen molar-refractivity contribution in [3.8, 4) is 0 Å². The molecular weight excluding hydrogens is 192 g/mol. The standard InChI is InChI=1S/C11H15Cl.Mg.2H/c1-4-9-6-8(3)7-10(5-2)11(9)12;;;/h6-7H,4-5H2,1-3H3;;;/q;+2;2*-1. The molecule has 0 nitrogen and oxygen atoms in total. The van der Waals surface area contributed by atoms with Gasteiger partial charge < -0.3 is 2.85 Å². The van der Waals surface area contributed by atoms with Crippen molar-refractivity contribution in [2.24, 2.45) is 0 Å². The third-order valence-corrected chi connectivity index (χ3v) is 2.61. The number of halogens is 1. The maximum atomic E-state index is 6.18. The smallest absolute Gasteiger partial charge is 1.00 e. The molecule has 0 aliphatic carbocycles. The normalized spacial score (nSPS) is 9.54. The average molecular weight is 209 g/mol. The predicted molar refractivity (Wildman–Crippen MR) is 62.9 cm³/mol. The van der Waals surface area contributed by atoms with Crippen LogP contribution < -0.4 is 0 Å². The molecule has 70 valence electrons. The fourth-order valence-electron chi connectivity index (χ4n) is 1.44. The minimum Gasteiger partial charge on any atom is -1.00 e. The molecule has 0 aromatic heterocycles. The van der Waals surface area contributed by atoms with Crippen molar-refractivity contribution in [3.63, 3.8) is 0 Å². The van der Waals surface area contributed by atoms with Gasteiger partial charge >= 0.3 is 23.1 Å². The Bertz CT molecular complexity index is 265. The molecule has 0 fully saturated rings. The molecule has 0 amide bonds. The summed E-state index contributed by atoms with van der Waals surface area (Å²) in [6.45, 7) is 6.40. The third kappa shape index (κ3) is 3.15. The van der Waals surface area contributed by atoms with Gasteiger partial charge in [-0.2, -0.15) is 0 Å². The molecule has 0 aliphatic heterocycles. The monoisotopic (exact) mass is 208 g/mol. The molecule has 1 aromatic carbocycles. The van der Waals surface area contributed by atoms with Crippen molar-refractivity contribution < 1.29 is 2.85 Å². The van der Waals surface area contributed by atoms with Gasteiger partial charge in [0.25, 0.3) is 0 Å². The maximum Gasteiger partial charge on any atom is 2.00 e. The summed E-state index contributed by atoms with van der Waals surface area (Å²) in [5.41, 5.74) is 3.86. The van der Waals surface area contributed by atoms with E-state index >= 15 is 0 Å². The summed E-state index contributed by atoms with van der Waals surface area (Å²) in [7, 11) is 0. The van der Waals surface area contributed by atoms with Crippen molar-refractivity contribution in [1.82, 2.24) is 0 Å². The Hall–Kier alpha value is 0.276. The summed E-state index contributed by atoms with van der Waals surface area (Å²) >= 11 is 6.18. The fraction of sp³-hybridized carbons (Fsp3) is 0.455. The van der Waals surface area contributed by atoms with E-state index in [0.29, 0.717) is 0 Å². The van der Waals surface area contributed by atoms with Gasteiger partial charge in [-0.05, 0) is 30.9 Å². The van der Waals surface area contributed by atoms with Gasteiger partial charge in [0.15, 0.2) is 0 Å². The Morgan fingerprint density at radius 3 is 1.85 bits per heavy atom. The van der Waals surface area contributed by atoms with E-state index < -0.39 is 0 Å².